The van der Waals surface area contributed by atoms with E-state index in [0.717, 1.165) is 28.4 Å². The van der Waals surface area contributed by atoms with Crippen LogP contribution >= 0.6 is 0 Å². The maximum atomic E-state index is 13.1. The predicted octanol–water partition coefficient (Wildman–Crippen LogP) is 4.79. The highest BCUT2D eigenvalue weighted by Gasteiger charge is 2.59. The number of quaternary nitrogens is 1. The molecule has 0 saturated carbocycles. The molecule has 9 heteroatoms. The summed E-state index contributed by atoms with van der Waals surface area (Å²) in [5.74, 6) is 0. The SMILES string of the molecule is CC(C)(C)[N+](c1ccc(CO[Si](c2ccccc2)(c2ccccc2)C(C)(C)C)cc1)(S(C)(=O)=O)S(C)(=O)=O. The molecule has 0 atom stereocenters. The number of nitrogens with zero attached hydrogens (tertiary/aromatic N) is 1. The highest BCUT2D eigenvalue weighted by atomic mass is 32.3. The Labute approximate surface area is 230 Å². The normalized spacial score (nSPS) is 13.9. The molecule has 0 bridgehead atoms. The molecule has 0 aliphatic rings. The maximum Gasteiger partial charge on any atom is 0.313 e. The van der Waals surface area contributed by atoms with Crippen molar-refractivity contribution in [3.8, 4) is 0 Å². The lowest BCUT2D eigenvalue weighted by Gasteiger charge is -2.43. The minimum atomic E-state index is -4.11. The number of rotatable bonds is 8. The van der Waals surface area contributed by atoms with Crippen molar-refractivity contribution >= 4 is 44.4 Å². The molecule has 3 rings (SSSR count). The molecular weight excluding hydrogens is 535 g/mol. The molecule has 0 aliphatic heterocycles. The first-order valence-corrected chi connectivity index (χ1v) is 18.1. The van der Waals surface area contributed by atoms with Crippen LogP contribution in [0.3, 0.4) is 0 Å². The largest absolute Gasteiger partial charge is 0.403 e. The van der Waals surface area contributed by atoms with Gasteiger partial charge in [-0.15, -0.1) is 0 Å². The van der Waals surface area contributed by atoms with Crippen molar-refractivity contribution in [3.63, 3.8) is 0 Å². The van der Waals surface area contributed by atoms with E-state index in [9.17, 15) is 16.8 Å². The van der Waals surface area contributed by atoms with E-state index in [1.807, 2.05) is 36.4 Å². The van der Waals surface area contributed by atoms with E-state index in [1.165, 1.54) is 0 Å². The van der Waals surface area contributed by atoms with Crippen molar-refractivity contribution in [1.29, 1.82) is 0 Å². The fourth-order valence-electron chi connectivity index (χ4n) is 5.75. The van der Waals surface area contributed by atoms with Gasteiger partial charge in [-0.1, -0.05) is 96.9 Å². The highest BCUT2D eigenvalue weighted by Crippen LogP contribution is 2.41. The third kappa shape index (κ3) is 5.14. The molecule has 0 unspecified atom stereocenters. The lowest BCUT2D eigenvalue weighted by atomic mass is 10.1. The van der Waals surface area contributed by atoms with Crippen molar-refractivity contribution in [2.75, 3.05) is 12.5 Å². The molecule has 0 radical (unpaired) electrons. The summed E-state index contributed by atoms with van der Waals surface area (Å²) in [4.78, 5) is 0. The Morgan fingerprint density at radius 2 is 1.05 bits per heavy atom. The Kier molecular flexibility index (Phi) is 8.24. The molecule has 206 valence electrons. The first kappa shape index (κ1) is 30.2. The second-order valence-corrected chi connectivity index (χ2v) is 20.4. The van der Waals surface area contributed by atoms with Crippen LogP contribution in [-0.4, -0.2) is 43.2 Å². The number of hydrogen-bond donors (Lipinski definition) is 0. The van der Waals surface area contributed by atoms with E-state index in [2.05, 4.69) is 45.0 Å². The minimum Gasteiger partial charge on any atom is -0.403 e. The standard InChI is InChI=1S/C29H40NO5S2Si/c1-28(2,3)30(36(7,31)32,37(8,33)34)25-21-19-24(20-22-25)23-35-38(29(4,5)6,26-15-11-9-12-16-26)27-17-13-10-14-18-27/h9-22H,23H2,1-8H3/q+1. The number of benzene rings is 3. The molecular formula is C29H40NO5S2Si+. The Morgan fingerprint density at radius 3 is 1.37 bits per heavy atom. The number of sulfonamides is 2. The third-order valence-corrected chi connectivity index (χ3v) is 17.0. The Bertz CT molecular complexity index is 1390. The van der Waals surface area contributed by atoms with E-state index >= 15 is 0 Å². The lowest BCUT2D eigenvalue weighted by Crippen LogP contribution is -2.67. The zero-order chi connectivity index (χ0) is 28.6. The summed E-state index contributed by atoms with van der Waals surface area (Å²) in [6.45, 7) is 11.8. The zero-order valence-corrected chi connectivity index (χ0v) is 26.2. The molecule has 0 N–H and O–H groups in total. The van der Waals surface area contributed by atoms with Gasteiger partial charge in [-0.3, -0.25) is 0 Å². The van der Waals surface area contributed by atoms with Crippen LogP contribution in [0.4, 0.5) is 5.69 Å². The predicted molar refractivity (Wildman–Crippen MR) is 160 cm³/mol. The van der Waals surface area contributed by atoms with Gasteiger partial charge in [0.1, 0.15) is 5.54 Å². The van der Waals surface area contributed by atoms with Gasteiger partial charge in [-0.2, -0.15) is 16.8 Å². The van der Waals surface area contributed by atoms with Gasteiger partial charge in [0.2, 0.25) is 0 Å². The van der Waals surface area contributed by atoms with Gasteiger partial charge in [0.15, 0.2) is 5.69 Å². The molecule has 38 heavy (non-hydrogen) atoms. The van der Waals surface area contributed by atoms with Gasteiger partial charge < -0.3 is 4.43 Å². The van der Waals surface area contributed by atoms with Gasteiger partial charge in [0.25, 0.3) is 8.32 Å². The molecule has 0 fully saturated rings. The lowest BCUT2D eigenvalue weighted by molar-refractivity contribution is 0.286. The summed E-state index contributed by atoms with van der Waals surface area (Å²) < 4.78 is 58.1. The van der Waals surface area contributed by atoms with Crippen molar-refractivity contribution in [2.24, 2.45) is 0 Å². The van der Waals surface area contributed by atoms with E-state index in [1.54, 1.807) is 45.0 Å². The topological polar surface area (TPSA) is 77.5 Å². The Morgan fingerprint density at radius 1 is 0.658 bits per heavy atom. The quantitative estimate of drug-likeness (QED) is 0.286. The van der Waals surface area contributed by atoms with Crippen LogP contribution in [0.5, 0.6) is 0 Å². The van der Waals surface area contributed by atoms with Gasteiger partial charge in [-0.05, 0) is 41.7 Å². The molecule has 0 heterocycles. The van der Waals surface area contributed by atoms with E-state index < -0.39 is 37.2 Å². The summed E-state index contributed by atoms with van der Waals surface area (Å²) in [6, 6.07) is 27.4. The van der Waals surface area contributed by atoms with E-state index in [-0.39, 0.29) is 10.7 Å². The van der Waals surface area contributed by atoms with Gasteiger partial charge >= 0.3 is 20.0 Å². The van der Waals surface area contributed by atoms with Crippen LogP contribution in [0.25, 0.3) is 0 Å². The van der Waals surface area contributed by atoms with E-state index in [0.29, 0.717) is 6.61 Å². The smallest absolute Gasteiger partial charge is 0.313 e. The summed E-state index contributed by atoms with van der Waals surface area (Å²) in [5.41, 5.74) is -0.152. The Hall–Kier alpha value is -2.30. The minimum absolute atomic E-state index is 0.177. The van der Waals surface area contributed by atoms with Crippen molar-refractivity contribution in [2.45, 2.75) is 58.7 Å². The molecule has 6 nitrogen and oxygen atoms in total. The fraction of sp³-hybridized carbons (Fsp3) is 0.379. The van der Waals surface area contributed by atoms with Crippen molar-refractivity contribution in [3.05, 3.63) is 90.5 Å². The third-order valence-electron chi connectivity index (χ3n) is 6.97. The van der Waals surface area contributed by atoms with Gasteiger partial charge in [0, 0.05) is 12.1 Å². The molecule has 0 aromatic heterocycles. The second kappa shape index (κ2) is 10.4. The molecule has 0 spiro atoms. The first-order chi connectivity index (χ1) is 17.4. The monoisotopic (exact) mass is 574 g/mol. The first-order valence-electron chi connectivity index (χ1n) is 12.5. The summed E-state index contributed by atoms with van der Waals surface area (Å²) in [6.07, 6.45) is 1.94. The van der Waals surface area contributed by atoms with Crippen molar-refractivity contribution in [1.82, 2.24) is 3.29 Å². The molecule has 3 aromatic rings. The van der Waals surface area contributed by atoms with Crippen LogP contribution < -0.4 is 13.7 Å². The van der Waals surface area contributed by atoms with Crippen LogP contribution in [-0.2, 0) is 31.1 Å². The summed E-state index contributed by atoms with van der Waals surface area (Å²) in [5, 5.41) is 2.13. The van der Waals surface area contributed by atoms with Crippen LogP contribution in [0.2, 0.25) is 5.04 Å². The number of hydrogen-bond acceptors (Lipinski definition) is 5. The fourth-order valence-corrected chi connectivity index (χ4v) is 15.3. The highest BCUT2D eigenvalue weighted by molar-refractivity contribution is 8.06. The van der Waals surface area contributed by atoms with Crippen LogP contribution in [0.1, 0.15) is 47.1 Å². The average Bonchev–Trinajstić information content (AvgIpc) is 2.78. The van der Waals surface area contributed by atoms with Crippen LogP contribution in [0.15, 0.2) is 84.9 Å². The molecule has 0 aliphatic carbocycles. The Balaban J connectivity index is 2.12. The zero-order valence-electron chi connectivity index (χ0n) is 23.6. The summed E-state index contributed by atoms with van der Waals surface area (Å²) in [7, 11) is -11.0. The second-order valence-electron chi connectivity index (χ2n) is 11.8. The van der Waals surface area contributed by atoms with Crippen molar-refractivity contribution < 1.29 is 21.3 Å². The van der Waals surface area contributed by atoms with Gasteiger partial charge in [0.05, 0.1) is 19.1 Å². The van der Waals surface area contributed by atoms with Crippen LogP contribution in [0, 0.1) is 0 Å². The van der Waals surface area contributed by atoms with Gasteiger partial charge in [-0.25, -0.2) is 0 Å². The molecule has 3 aromatic carbocycles. The molecule has 0 saturated heterocycles. The maximum absolute atomic E-state index is 13.1. The summed E-state index contributed by atoms with van der Waals surface area (Å²) >= 11 is 0. The van der Waals surface area contributed by atoms with E-state index in [4.69, 9.17) is 4.43 Å². The average molecular weight is 575 g/mol. The molecule has 0 amide bonds.